The highest BCUT2D eigenvalue weighted by molar-refractivity contribution is 5.77. The van der Waals surface area contributed by atoms with Gasteiger partial charge in [0.05, 0.1) is 6.61 Å². The van der Waals surface area contributed by atoms with Gasteiger partial charge in [0.25, 0.3) is 0 Å². The third kappa shape index (κ3) is 6.33. The van der Waals surface area contributed by atoms with Crippen molar-refractivity contribution in [1.82, 2.24) is 5.32 Å². The molecule has 0 radical (unpaired) electrons. The molecule has 2 N–H and O–H groups in total. The zero-order chi connectivity index (χ0) is 15.0. The number of aliphatic carboxylic acids is 1. The molecule has 0 heterocycles. The maximum Gasteiger partial charge on any atom is 0.303 e. The van der Waals surface area contributed by atoms with Crippen LogP contribution in [0.2, 0.25) is 0 Å². The van der Waals surface area contributed by atoms with Gasteiger partial charge in [-0.15, -0.1) is 0 Å². The monoisotopic (exact) mass is 279 g/mol. The van der Waals surface area contributed by atoms with Gasteiger partial charge in [0.15, 0.2) is 0 Å². The number of carboxylic acids is 1. The van der Waals surface area contributed by atoms with E-state index in [9.17, 15) is 9.59 Å². The maximum atomic E-state index is 11.7. The Morgan fingerprint density at radius 1 is 1.30 bits per heavy atom. The first-order valence-electron chi connectivity index (χ1n) is 6.56. The standard InChI is InChI=1S/C15H21NO4/c1-11(7-15(18)19)6-14(17)16-9-12-4-3-5-13(8-12)10-20-2/h3-5,8,11H,6-7,9-10H2,1-2H3,(H,16,17)(H,18,19). The van der Waals surface area contributed by atoms with E-state index < -0.39 is 5.97 Å². The molecule has 1 unspecified atom stereocenters. The minimum atomic E-state index is -0.877. The maximum absolute atomic E-state index is 11.7. The Kier molecular flexibility index (Phi) is 6.73. The molecule has 0 bridgehead atoms. The highest BCUT2D eigenvalue weighted by atomic mass is 16.5. The number of hydrogen-bond donors (Lipinski definition) is 2. The smallest absolute Gasteiger partial charge is 0.303 e. The molecule has 1 rings (SSSR count). The molecule has 1 aromatic carbocycles. The number of rotatable bonds is 8. The van der Waals surface area contributed by atoms with Crippen LogP contribution in [0.1, 0.15) is 30.9 Å². The van der Waals surface area contributed by atoms with Crippen LogP contribution in [0, 0.1) is 5.92 Å². The van der Waals surface area contributed by atoms with E-state index in [1.54, 1.807) is 14.0 Å². The largest absolute Gasteiger partial charge is 0.481 e. The second-order valence-corrected chi connectivity index (χ2v) is 4.94. The molecule has 0 fully saturated rings. The molecule has 0 saturated carbocycles. The number of nitrogens with one attached hydrogen (secondary N) is 1. The topological polar surface area (TPSA) is 75.6 Å². The van der Waals surface area contributed by atoms with Gasteiger partial charge in [-0.25, -0.2) is 0 Å². The van der Waals surface area contributed by atoms with Gasteiger partial charge in [-0.05, 0) is 17.0 Å². The van der Waals surface area contributed by atoms with Crippen molar-refractivity contribution in [2.45, 2.75) is 32.9 Å². The molecule has 0 saturated heterocycles. The summed E-state index contributed by atoms with van der Waals surface area (Å²) in [6.07, 6.45) is 0.237. The molecule has 20 heavy (non-hydrogen) atoms. The van der Waals surface area contributed by atoms with Crippen LogP contribution in [0.5, 0.6) is 0 Å². The molecular weight excluding hydrogens is 258 g/mol. The molecule has 0 aromatic heterocycles. The number of hydrogen-bond acceptors (Lipinski definition) is 3. The Bertz CT molecular complexity index is 459. The van der Waals surface area contributed by atoms with Crippen LogP contribution in [-0.2, 0) is 27.5 Å². The van der Waals surface area contributed by atoms with Gasteiger partial charge in [-0.1, -0.05) is 31.2 Å². The number of carbonyl (C=O) groups excluding carboxylic acids is 1. The highest BCUT2D eigenvalue weighted by Gasteiger charge is 2.12. The third-order valence-corrected chi connectivity index (χ3v) is 2.85. The van der Waals surface area contributed by atoms with Crippen molar-refractivity contribution in [2.75, 3.05) is 7.11 Å². The van der Waals surface area contributed by atoms with E-state index in [0.29, 0.717) is 13.2 Å². The van der Waals surface area contributed by atoms with Crippen LogP contribution in [0.3, 0.4) is 0 Å². The number of benzene rings is 1. The fourth-order valence-corrected chi connectivity index (χ4v) is 1.96. The second-order valence-electron chi connectivity index (χ2n) is 4.94. The van der Waals surface area contributed by atoms with Crippen molar-refractivity contribution in [2.24, 2.45) is 5.92 Å². The molecule has 0 aliphatic heterocycles. The van der Waals surface area contributed by atoms with Crippen molar-refractivity contribution in [1.29, 1.82) is 0 Å². The number of methoxy groups -OCH3 is 1. The van der Waals surface area contributed by atoms with E-state index in [4.69, 9.17) is 9.84 Å². The summed E-state index contributed by atoms with van der Waals surface area (Å²) in [5, 5.41) is 11.4. The van der Waals surface area contributed by atoms with Gasteiger partial charge >= 0.3 is 5.97 Å². The van der Waals surface area contributed by atoms with Crippen molar-refractivity contribution in [3.05, 3.63) is 35.4 Å². The van der Waals surface area contributed by atoms with Crippen LogP contribution in [0.15, 0.2) is 24.3 Å². The van der Waals surface area contributed by atoms with Crippen LogP contribution < -0.4 is 5.32 Å². The quantitative estimate of drug-likeness (QED) is 0.762. The Hall–Kier alpha value is -1.88. The number of ether oxygens (including phenoxy) is 1. The summed E-state index contributed by atoms with van der Waals surface area (Å²) in [5.41, 5.74) is 2.05. The predicted molar refractivity (Wildman–Crippen MR) is 75.0 cm³/mol. The van der Waals surface area contributed by atoms with E-state index in [1.807, 2.05) is 24.3 Å². The third-order valence-electron chi connectivity index (χ3n) is 2.85. The van der Waals surface area contributed by atoms with Gasteiger partial charge in [-0.2, -0.15) is 0 Å². The fourth-order valence-electron chi connectivity index (χ4n) is 1.96. The zero-order valence-corrected chi connectivity index (χ0v) is 11.9. The second kappa shape index (κ2) is 8.32. The number of carbonyl (C=O) groups is 2. The Morgan fingerprint density at radius 3 is 2.65 bits per heavy atom. The molecule has 1 aromatic rings. The molecule has 0 aliphatic carbocycles. The summed E-state index contributed by atoms with van der Waals surface area (Å²) < 4.78 is 5.06. The first-order chi connectivity index (χ1) is 9.51. The minimum absolute atomic E-state index is 0.0107. The molecular formula is C15H21NO4. The van der Waals surface area contributed by atoms with Gasteiger partial charge in [0.1, 0.15) is 0 Å². The summed E-state index contributed by atoms with van der Waals surface area (Å²) in [5.74, 6) is -1.17. The van der Waals surface area contributed by atoms with E-state index in [2.05, 4.69) is 5.32 Å². The summed E-state index contributed by atoms with van der Waals surface area (Å²) in [6, 6.07) is 7.79. The Morgan fingerprint density at radius 2 is 2.00 bits per heavy atom. The van der Waals surface area contributed by atoms with Crippen LogP contribution >= 0.6 is 0 Å². The molecule has 0 aliphatic rings. The normalized spacial score (nSPS) is 11.9. The van der Waals surface area contributed by atoms with Crippen molar-refractivity contribution in [3.8, 4) is 0 Å². The molecule has 5 nitrogen and oxygen atoms in total. The average molecular weight is 279 g/mol. The molecule has 5 heteroatoms. The minimum Gasteiger partial charge on any atom is -0.481 e. The SMILES string of the molecule is COCc1cccc(CNC(=O)CC(C)CC(=O)O)c1. The first kappa shape index (κ1) is 16.2. The first-order valence-corrected chi connectivity index (χ1v) is 6.56. The summed E-state index contributed by atoms with van der Waals surface area (Å²) in [6.45, 7) is 2.74. The van der Waals surface area contributed by atoms with Crippen molar-refractivity contribution < 1.29 is 19.4 Å². The van der Waals surface area contributed by atoms with Crippen molar-refractivity contribution in [3.63, 3.8) is 0 Å². The molecule has 1 amide bonds. The number of amides is 1. The lowest BCUT2D eigenvalue weighted by molar-refractivity contribution is -0.138. The highest BCUT2D eigenvalue weighted by Crippen LogP contribution is 2.09. The van der Waals surface area contributed by atoms with Gasteiger partial charge < -0.3 is 15.2 Å². The molecule has 1 atom stereocenters. The lowest BCUT2D eigenvalue weighted by Crippen LogP contribution is -2.25. The van der Waals surface area contributed by atoms with Crippen molar-refractivity contribution >= 4 is 11.9 Å². The van der Waals surface area contributed by atoms with E-state index in [0.717, 1.165) is 11.1 Å². The van der Waals surface area contributed by atoms with Crippen LogP contribution in [0.25, 0.3) is 0 Å². The van der Waals surface area contributed by atoms with Gasteiger partial charge in [-0.3, -0.25) is 9.59 Å². The van der Waals surface area contributed by atoms with E-state index in [1.165, 1.54) is 0 Å². The van der Waals surface area contributed by atoms with Gasteiger partial charge in [0.2, 0.25) is 5.91 Å². The van der Waals surface area contributed by atoms with E-state index in [-0.39, 0.29) is 24.7 Å². The Labute approximate surface area is 118 Å². The summed E-state index contributed by atoms with van der Waals surface area (Å²) >= 11 is 0. The summed E-state index contributed by atoms with van der Waals surface area (Å²) in [4.78, 5) is 22.2. The van der Waals surface area contributed by atoms with Crippen LogP contribution in [0.4, 0.5) is 0 Å². The lowest BCUT2D eigenvalue weighted by Gasteiger charge is -2.10. The summed E-state index contributed by atoms with van der Waals surface area (Å²) in [7, 11) is 1.64. The Balaban J connectivity index is 2.40. The fraction of sp³-hybridized carbons (Fsp3) is 0.467. The number of carboxylic acid groups (broad SMARTS) is 1. The predicted octanol–water partition coefficient (Wildman–Crippen LogP) is 1.95. The molecule has 0 spiro atoms. The lowest BCUT2D eigenvalue weighted by atomic mass is 10.0. The van der Waals surface area contributed by atoms with Crippen LogP contribution in [-0.4, -0.2) is 24.1 Å². The molecule has 110 valence electrons. The average Bonchev–Trinajstić information content (AvgIpc) is 2.36. The van der Waals surface area contributed by atoms with E-state index >= 15 is 0 Å². The zero-order valence-electron chi connectivity index (χ0n) is 11.9. The van der Waals surface area contributed by atoms with Gasteiger partial charge in [0, 0.05) is 26.5 Å².